The third kappa shape index (κ3) is 4.32. The van der Waals surface area contributed by atoms with Crippen molar-refractivity contribution in [2.45, 2.75) is 37.5 Å². The van der Waals surface area contributed by atoms with Gasteiger partial charge in [-0.25, -0.2) is 9.97 Å². The van der Waals surface area contributed by atoms with Gasteiger partial charge in [-0.2, -0.15) is 0 Å². The van der Waals surface area contributed by atoms with E-state index in [0.717, 1.165) is 45.4 Å². The molecule has 10 aromatic rings. The zero-order chi connectivity index (χ0) is 38.4. The Morgan fingerprint density at radius 1 is 0.475 bits per heavy atom. The summed E-state index contributed by atoms with van der Waals surface area (Å²) in [5.74, 6) is 3.21. The van der Waals surface area contributed by atoms with Gasteiger partial charge in [-0.05, 0) is 131 Å². The first-order chi connectivity index (χ1) is 29.2. The molecule has 0 atom stereocenters. The number of para-hydroxylation sites is 2. The normalized spacial score (nSPS) is 22.6. The molecule has 0 amide bonds. The lowest BCUT2D eigenvalue weighted by Gasteiger charge is -2.61. The number of nitrogens with zero attached hydrogens (tertiary/aromatic N) is 3. The second-order valence-corrected chi connectivity index (χ2v) is 18.1. The fraction of sp³-hybridized carbons (Fsp3) is 0.179. The van der Waals surface area contributed by atoms with E-state index in [0.29, 0.717) is 11.8 Å². The third-order valence-electron chi connectivity index (χ3n) is 15.3. The van der Waals surface area contributed by atoms with Gasteiger partial charge < -0.3 is 4.57 Å². The first-order valence-corrected chi connectivity index (χ1v) is 21.7. The maximum atomic E-state index is 5.22. The van der Waals surface area contributed by atoms with Crippen LogP contribution in [0.15, 0.2) is 164 Å². The van der Waals surface area contributed by atoms with Crippen molar-refractivity contribution in [1.82, 2.24) is 14.5 Å². The van der Waals surface area contributed by atoms with Crippen LogP contribution in [0, 0.1) is 23.7 Å². The topological polar surface area (TPSA) is 30.7 Å². The predicted molar refractivity (Wildman–Crippen MR) is 243 cm³/mol. The fourth-order valence-electron chi connectivity index (χ4n) is 13.3. The van der Waals surface area contributed by atoms with E-state index in [1.54, 1.807) is 11.1 Å². The summed E-state index contributed by atoms with van der Waals surface area (Å²) in [4.78, 5) is 10.4. The highest BCUT2D eigenvalue weighted by atomic mass is 15.0. The Morgan fingerprint density at radius 2 is 1.14 bits per heavy atom. The second kappa shape index (κ2) is 11.8. The molecule has 5 aliphatic carbocycles. The second-order valence-electron chi connectivity index (χ2n) is 18.1. The van der Waals surface area contributed by atoms with Crippen LogP contribution in [-0.2, 0) is 5.41 Å². The van der Waals surface area contributed by atoms with Crippen molar-refractivity contribution >= 4 is 54.4 Å². The van der Waals surface area contributed by atoms with Crippen LogP contribution in [0.3, 0.4) is 0 Å². The molecule has 2 aromatic heterocycles. The van der Waals surface area contributed by atoms with Crippen LogP contribution >= 0.6 is 0 Å². The minimum absolute atomic E-state index is 0.0770. The van der Waals surface area contributed by atoms with Crippen LogP contribution in [-0.4, -0.2) is 14.5 Å². The van der Waals surface area contributed by atoms with Crippen LogP contribution in [0.4, 0.5) is 0 Å². The van der Waals surface area contributed by atoms with E-state index >= 15 is 0 Å². The van der Waals surface area contributed by atoms with E-state index in [1.807, 2.05) is 18.2 Å². The Bertz CT molecular complexity index is 3380. The number of hydrogen-bond acceptors (Lipinski definition) is 2. The Kier molecular flexibility index (Phi) is 6.46. The predicted octanol–water partition coefficient (Wildman–Crippen LogP) is 14.1. The van der Waals surface area contributed by atoms with Crippen LogP contribution in [0.25, 0.3) is 93.7 Å². The van der Waals surface area contributed by atoms with E-state index in [2.05, 4.69) is 150 Å². The Hall–Kier alpha value is -6.58. The Balaban J connectivity index is 1.01. The van der Waals surface area contributed by atoms with Gasteiger partial charge in [0.05, 0.1) is 33.5 Å². The monoisotopic (exact) mass is 755 g/mol. The van der Waals surface area contributed by atoms with Crippen molar-refractivity contribution in [3.05, 3.63) is 175 Å². The zero-order valence-corrected chi connectivity index (χ0v) is 32.8. The zero-order valence-electron chi connectivity index (χ0n) is 32.8. The molecule has 0 aliphatic heterocycles. The van der Waals surface area contributed by atoms with Gasteiger partial charge in [0, 0.05) is 38.4 Å². The van der Waals surface area contributed by atoms with Gasteiger partial charge in [0.1, 0.15) is 0 Å². The van der Waals surface area contributed by atoms with Crippen molar-refractivity contribution in [3.63, 3.8) is 0 Å². The third-order valence-corrected chi connectivity index (χ3v) is 15.3. The molecule has 280 valence electrons. The van der Waals surface area contributed by atoms with Gasteiger partial charge in [-0.3, -0.25) is 0 Å². The van der Waals surface area contributed by atoms with Crippen LogP contribution in [0.5, 0.6) is 0 Å². The number of benzene rings is 8. The molecule has 3 heteroatoms. The van der Waals surface area contributed by atoms with Gasteiger partial charge in [-0.15, -0.1) is 0 Å². The molecule has 15 rings (SSSR count). The number of fused-ring (bicyclic) bond motifs is 11. The van der Waals surface area contributed by atoms with Gasteiger partial charge in [0.25, 0.3) is 0 Å². The lowest BCUT2D eigenvalue weighted by atomic mass is 9.43. The molecule has 0 radical (unpaired) electrons. The highest BCUT2D eigenvalue weighted by Crippen LogP contribution is 2.70. The molecule has 5 aliphatic rings. The summed E-state index contributed by atoms with van der Waals surface area (Å²) < 4.78 is 2.61. The highest BCUT2D eigenvalue weighted by Gasteiger charge is 2.62. The van der Waals surface area contributed by atoms with Crippen LogP contribution in [0.1, 0.15) is 43.2 Å². The van der Waals surface area contributed by atoms with E-state index in [9.17, 15) is 0 Å². The van der Waals surface area contributed by atoms with E-state index in [4.69, 9.17) is 9.97 Å². The molecule has 8 aromatic carbocycles. The lowest BCUT2D eigenvalue weighted by Crippen LogP contribution is -2.55. The van der Waals surface area contributed by atoms with Gasteiger partial charge in [0.15, 0.2) is 0 Å². The number of hydrogen-bond donors (Lipinski definition) is 0. The molecule has 0 unspecified atom stereocenters. The first-order valence-electron chi connectivity index (χ1n) is 21.7. The molecule has 4 bridgehead atoms. The minimum Gasteiger partial charge on any atom is -0.309 e. The van der Waals surface area contributed by atoms with Crippen LogP contribution in [0.2, 0.25) is 0 Å². The highest BCUT2D eigenvalue weighted by molar-refractivity contribution is 6.21. The standard InChI is InChI=1S/C56H41N3/c1-2-11-36(12-3-1)53-54(58-49-17-9-8-16-48(49)57-53)39-19-18-38-32-42(22-20-37(38)31-39)59-50-25-24-45-44-14-6-7-15-47(44)56(40-27-33-26-34(29-40)30-41(56)28-33)52(45)51(50)46-23-21-35-10-4-5-13-43(35)55(46)59/h1-25,31-34,40-41H,26-30H2. The summed E-state index contributed by atoms with van der Waals surface area (Å²) in [7, 11) is 0. The largest absolute Gasteiger partial charge is 0.309 e. The number of rotatable bonds is 3. The smallest absolute Gasteiger partial charge is 0.0973 e. The molecule has 4 saturated carbocycles. The first kappa shape index (κ1) is 32.4. The van der Waals surface area contributed by atoms with Crippen molar-refractivity contribution < 1.29 is 0 Å². The van der Waals surface area contributed by atoms with Crippen molar-refractivity contribution in [2.24, 2.45) is 23.7 Å². The lowest BCUT2D eigenvalue weighted by molar-refractivity contribution is -0.0393. The molecule has 0 saturated heterocycles. The molecule has 1 spiro atoms. The summed E-state index contributed by atoms with van der Waals surface area (Å²) in [6.07, 6.45) is 6.97. The molecule has 3 nitrogen and oxygen atoms in total. The van der Waals surface area contributed by atoms with Crippen molar-refractivity contribution in [3.8, 4) is 39.3 Å². The molecule has 4 fully saturated rings. The quantitative estimate of drug-likeness (QED) is 0.180. The molecular formula is C56H41N3. The fourth-order valence-corrected chi connectivity index (χ4v) is 13.3. The summed E-state index contributed by atoms with van der Waals surface area (Å²) in [5, 5.41) is 7.85. The summed E-state index contributed by atoms with van der Waals surface area (Å²) in [6.45, 7) is 0. The number of aromatic nitrogens is 3. The summed E-state index contributed by atoms with van der Waals surface area (Å²) in [5.41, 5.74) is 15.9. The minimum atomic E-state index is 0.0770. The molecular weight excluding hydrogens is 715 g/mol. The maximum absolute atomic E-state index is 5.22. The van der Waals surface area contributed by atoms with Crippen molar-refractivity contribution in [2.75, 3.05) is 0 Å². The average molecular weight is 756 g/mol. The Morgan fingerprint density at radius 3 is 1.95 bits per heavy atom. The summed E-state index contributed by atoms with van der Waals surface area (Å²) >= 11 is 0. The van der Waals surface area contributed by atoms with Crippen molar-refractivity contribution in [1.29, 1.82) is 0 Å². The molecule has 2 heterocycles. The van der Waals surface area contributed by atoms with Gasteiger partial charge >= 0.3 is 0 Å². The maximum Gasteiger partial charge on any atom is 0.0973 e. The summed E-state index contributed by atoms with van der Waals surface area (Å²) in [6, 6.07) is 60.8. The van der Waals surface area contributed by atoms with Gasteiger partial charge in [-0.1, -0.05) is 127 Å². The SMILES string of the molecule is c1ccc(-c2nc3ccccc3nc2-c2ccc3cc(-n4c5ccc6c(c5c5ccc7ccccc7c54)C4(c5ccccc5-6)C5CC6CC(C5)CC4C6)ccc3c2)cc1. The van der Waals surface area contributed by atoms with E-state index in [1.165, 1.54) is 92.3 Å². The molecule has 0 N–H and O–H groups in total. The van der Waals surface area contributed by atoms with E-state index < -0.39 is 0 Å². The molecule has 59 heavy (non-hydrogen) atoms. The van der Waals surface area contributed by atoms with Gasteiger partial charge in [0.2, 0.25) is 0 Å². The Labute approximate surface area is 343 Å². The average Bonchev–Trinajstić information content (AvgIpc) is 3.78. The van der Waals surface area contributed by atoms with Crippen LogP contribution < -0.4 is 0 Å². The van der Waals surface area contributed by atoms with E-state index in [-0.39, 0.29) is 5.41 Å².